The van der Waals surface area contributed by atoms with E-state index in [2.05, 4.69) is 10.1 Å². The normalized spacial score (nSPS) is 11.4. The number of esters is 1. The zero-order valence-electron chi connectivity index (χ0n) is 11.2. The van der Waals surface area contributed by atoms with Crippen molar-refractivity contribution in [1.29, 1.82) is 0 Å². The van der Waals surface area contributed by atoms with E-state index < -0.39 is 23.9 Å². The summed E-state index contributed by atoms with van der Waals surface area (Å²) in [6.45, 7) is 0. The lowest BCUT2D eigenvalue weighted by Crippen LogP contribution is -2.42. The minimum Gasteiger partial charge on any atom is -0.480 e. The van der Waals surface area contributed by atoms with Crippen molar-refractivity contribution in [1.82, 2.24) is 5.32 Å². The number of ether oxygens (including phenoxy) is 1. The minimum atomic E-state index is -1.26. The molecule has 1 amide bonds. The molecule has 0 saturated heterocycles. The molecule has 1 atom stereocenters. The highest BCUT2D eigenvalue weighted by atomic mass is 16.5. The number of hydrogen-bond acceptors (Lipinski definition) is 4. The molecular formula is C14H17NO5. The number of nitrogens with one attached hydrogen (secondary N) is 1. The van der Waals surface area contributed by atoms with Crippen LogP contribution in [0.2, 0.25) is 0 Å². The molecule has 1 aromatic carbocycles. The fraction of sp³-hybridized carbons (Fsp3) is 0.357. The molecule has 0 aliphatic carbocycles. The van der Waals surface area contributed by atoms with E-state index in [9.17, 15) is 14.4 Å². The summed E-state index contributed by atoms with van der Waals surface area (Å²) in [5.74, 6) is -2.35. The Balaban J connectivity index is 2.46. The fourth-order valence-electron chi connectivity index (χ4n) is 1.62. The summed E-state index contributed by atoms with van der Waals surface area (Å²) in [7, 11) is 1.17. The van der Waals surface area contributed by atoms with E-state index in [4.69, 9.17) is 5.11 Å². The molecule has 6 nitrogen and oxygen atoms in total. The Morgan fingerprint density at radius 1 is 1.25 bits per heavy atom. The van der Waals surface area contributed by atoms with Crippen LogP contribution in [0.15, 0.2) is 30.3 Å². The first-order valence-corrected chi connectivity index (χ1v) is 6.16. The molecule has 2 N–H and O–H groups in total. The van der Waals surface area contributed by atoms with Crippen molar-refractivity contribution in [2.75, 3.05) is 7.11 Å². The van der Waals surface area contributed by atoms with Gasteiger partial charge in [0.05, 0.1) is 13.5 Å². The van der Waals surface area contributed by atoms with Gasteiger partial charge in [-0.25, -0.2) is 4.79 Å². The lowest BCUT2D eigenvalue weighted by molar-refractivity contribution is -0.148. The third-order valence-corrected chi connectivity index (χ3v) is 2.72. The van der Waals surface area contributed by atoms with Gasteiger partial charge in [0, 0.05) is 6.42 Å². The van der Waals surface area contributed by atoms with E-state index in [1.54, 1.807) is 0 Å². The molecule has 0 fully saturated rings. The summed E-state index contributed by atoms with van der Waals surface area (Å²) in [6.07, 6.45) is 0.287. The fourth-order valence-corrected chi connectivity index (χ4v) is 1.62. The molecule has 0 radical (unpaired) electrons. The third-order valence-electron chi connectivity index (χ3n) is 2.72. The predicted molar refractivity (Wildman–Crippen MR) is 71.0 cm³/mol. The number of carboxylic acids is 1. The Hall–Kier alpha value is -2.37. The van der Waals surface area contributed by atoms with Gasteiger partial charge in [-0.15, -0.1) is 0 Å². The molecule has 0 aliphatic heterocycles. The van der Waals surface area contributed by atoms with Crippen molar-refractivity contribution in [3.8, 4) is 0 Å². The number of aryl methyl sites for hydroxylation is 1. The molecule has 0 spiro atoms. The Morgan fingerprint density at radius 3 is 2.45 bits per heavy atom. The standard InChI is InChI=1S/C14H17NO5/c1-20-13(17)9-11(14(18)19)15-12(16)8-7-10-5-3-2-4-6-10/h2-6,11H,7-9H2,1H3,(H,15,16)(H,18,19)/t11-/m0/s1. The topological polar surface area (TPSA) is 92.7 Å². The first-order valence-electron chi connectivity index (χ1n) is 6.16. The van der Waals surface area contributed by atoms with Crippen LogP contribution in [0.4, 0.5) is 0 Å². The Kier molecular flexibility index (Phi) is 6.22. The molecule has 108 valence electrons. The number of rotatable bonds is 7. The smallest absolute Gasteiger partial charge is 0.326 e. The average molecular weight is 279 g/mol. The van der Waals surface area contributed by atoms with E-state index in [1.807, 2.05) is 30.3 Å². The zero-order valence-corrected chi connectivity index (χ0v) is 11.2. The quantitative estimate of drug-likeness (QED) is 0.718. The van der Waals surface area contributed by atoms with Crippen LogP contribution in [0, 0.1) is 0 Å². The summed E-state index contributed by atoms with van der Waals surface area (Å²) < 4.78 is 4.39. The summed E-state index contributed by atoms with van der Waals surface area (Å²) in [5.41, 5.74) is 0.988. The van der Waals surface area contributed by atoms with Crippen molar-refractivity contribution >= 4 is 17.8 Å². The van der Waals surface area contributed by atoms with Crippen LogP contribution in [0.3, 0.4) is 0 Å². The van der Waals surface area contributed by atoms with Gasteiger partial charge in [-0.1, -0.05) is 30.3 Å². The van der Waals surface area contributed by atoms with Crippen LogP contribution in [-0.2, 0) is 25.5 Å². The Labute approximate surface area is 116 Å². The number of benzene rings is 1. The summed E-state index contributed by atoms with van der Waals surface area (Å²) in [4.78, 5) is 33.7. The van der Waals surface area contributed by atoms with Crippen LogP contribution in [-0.4, -0.2) is 36.1 Å². The number of methoxy groups -OCH3 is 1. The molecule has 0 unspecified atom stereocenters. The third kappa shape index (κ3) is 5.51. The predicted octanol–water partition coefficient (Wildman–Crippen LogP) is 0.752. The molecule has 0 aromatic heterocycles. The number of hydrogen-bond donors (Lipinski definition) is 2. The van der Waals surface area contributed by atoms with Crippen molar-refractivity contribution in [3.63, 3.8) is 0 Å². The summed E-state index contributed by atoms with van der Waals surface area (Å²) >= 11 is 0. The van der Waals surface area contributed by atoms with Gasteiger partial charge in [0.1, 0.15) is 6.04 Å². The molecule has 0 saturated carbocycles. The number of aliphatic carboxylic acids is 1. The highest BCUT2D eigenvalue weighted by Gasteiger charge is 2.23. The lowest BCUT2D eigenvalue weighted by atomic mass is 10.1. The van der Waals surface area contributed by atoms with Crippen molar-refractivity contribution < 1.29 is 24.2 Å². The molecule has 0 bridgehead atoms. The van der Waals surface area contributed by atoms with Crippen LogP contribution in [0.5, 0.6) is 0 Å². The lowest BCUT2D eigenvalue weighted by Gasteiger charge is -2.13. The number of amides is 1. The second-order valence-corrected chi connectivity index (χ2v) is 4.22. The van der Waals surface area contributed by atoms with Crippen molar-refractivity contribution in [2.24, 2.45) is 0 Å². The van der Waals surface area contributed by atoms with E-state index in [0.717, 1.165) is 5.56 Å². The molecule has 0 heterocycles. The van der Waals surface area contributed by atoms with Crippen molar-refractivity contribution in [3.05, 3.63) is 35.9 Å². The second kappa shape index (κ2) is 7.93. The second-order valence-electron chi connectivity index (χ2n) is 4.22. The van der Waals surface area contributed by atoms with Gasteiger partial charge in [-0.3, -0.25) is 9.59 Å². The monoisotopic (exact) mass is 279 g/mol. The minimum absolute atomic E-state index is 0.162. The first-order chi connectivity index (χ1) is 9.52. The van der Waals surface area contributed by atoms with Gasteiger partial charge in [0.25, 0.3) is 0 Å². The van der Waals surface area contributed by atoms with Gasteiger partial charge >= 0.3 is 11.9 Å². The molecular weight excluding hydrogens is 262 g/mol. The SMILES string of the molecule is COC(=O)C[C@H](NC(=O)CCc1ccccc1)C(=O)O. The van der Waals surface area contributed by atoms with Crippen LogP contribution < -0.4 is 5.32 Å². The maximum absolute atomic E-state index is 11.7. The number of carbonyl (C=O) groups excluding carboxylic acids is 2. The molecule has 6 heteroatoms. The van der Waals surface area contributed by atoms with E-state index >= 15 is 0 Å². The molecule has 1 rings (SSSR count). The van der Waals surface area contributed by atoms with Crippen LogP contribution >= 0.6 is 0 Å². The molecule has 1 aromatic rings. The van der Waals surface area contributed by atoms with E-state index in [1.165, 1.54) is 7.11 Å². The first kappa shape index (κ1) is 15.7. The maximum Gasteiger partial charge on any atom is 0.326 e. The van der Waals surface area contributed by atoms with Gasteiger partial charge in [-0.05, 0) is 12.0 Å². The van der Waals surface area contributed by atoms with Crippen molar-refractivity contribution in [2.45, 2.75) is 25.3 Å². The highest BCUT2D eigenvalue weighted by molar-refractivity contribution is 5.87. The zero-order chi connectivity index (χ0) is 15.0. The van der Waals surface area contributed by atoms with Crippen LogP contribution in [0.1, 0.15) is 18.4 Å². The largest absolute Gasteiger partial charge is 0.480 e. The molecule has 20 heavy (non-hydrogen) atoms. The number of carboxylic acid groups (broad SMARTS) is 1. The van der Waals surface area contributed by atoms with E-state index in [-0.39, 0.29) is 12.8 Å². The Morgan fingerprint density at radius 2 is 1.90 bits per heavy atom. The van der Waals surface area contributed by atoms with E-state index in [0.29, 0.717) is 6.42 Å². The van der Waals surface area contributed by atoms with Gasteiger partial charge in [0.2, 0.25) is 5.91 Å². The maximum atomic E-state index is 11.7. The highest BCUT2D eigenvalue weighted by Crippen LogP contribution is 2.03. The average Bonchev–Trinajstić information content (AvgIpc) is 2.45. The molecule has 0 aliphatic rings. The van der Waals surface area contributed by atoms with Gasteiger partial charge < -0.3 is 15.2 Å². The van der Waals surface area contributed by atoms with Gasteiger partial charge in [0.15, 0.2) is 0 Å². The number of carbonyl (C=O) groups is 3. The Bertz CT molecular complexity index is 472. The van der Waals surface area contributed by atoms with Crippen LogP contribution in [0.25, 0.3) is 0 Å². The summed E-state index contributed by atoms with van der Waals surface area (Å²) in [6, 6.07) is 8.12. The summed E-state index contributed by atoms with van der Waals surface area (Å²) in [5, 5.41) is 11.2. The van der Waals surface area contributed by atoms with Gasteiger partial charge in [-0.2, -0.15) is 0 Å².